The minimum atomic E-state index is -3.96. The lowest BCUT2D eigenvalue weighted by Gasteiger charge is -2.32. The Hall–Kier alpha value is -2.67. The summed E-state index contributed by atoms with van der Waals surface area (Å²) in [5.41, 5.74) is 6.27. The van der Waals surface area contributed by atoms with Crippen molar-refractivity contribution in [3.8, 4) is 11.5 Å². The van der Waals surface area contributed by atoms with Gasteiger partial charge in [-0.15, -0.1) is 11.3 Å². The molecule has 2 fully saturated rings. The third-order valence-electron chi connectivity index (χ3n) is 6.42. The molecule has 2 amide bonds. The molecule has 2 aromatic rings. The maximum Gasteiger partial charge on any atom is 0.259 e. The van der Waals surface area contributed by atoms with Crippen LogP contribution in [0.2, 0.25) is 0 Å². The predicted molar refractivity (Wildman–Crippen MR) is 124 cm³/mol. The molecule has 1 aliphatic carbocycles. The molecule has 1 unspecified atom stereocenters. The maximum absolute atomic E-state index is 13.5. The normalized spacial score (nSPS) is 24.9. The average Bonchev–Trinajstić information content (AvgIpc) is 3.60. The van der Waals surface area contributed by atoms with Gasteiger partial charge in [0.25, 0.3) is 21.8 Å². The second-order valence-corrected chi connectivity index (χ2v) is 11.7. The molecule has 3 aliphatic rings. The fourth-order valence-corrected chi connectivity index (χ4v) is 7.27. The molecule has 1 saturated carbocycles. The Morgan fingerprint density at radius 1 is 1.06 bits per heavy atom. The topological polar surface area (TPSA) is 131 Å². The van der Waals surface area contributed by atoms with Gasteiger partial charge in [0, 0.05) is 30.7 Å². The number of hydrogen-bond acceptors (Lipinski definition) is 8. The SMILES string of the molecule is NC1CCC(NC(=O)C2N(C(=O)c3ccc4c(c3)OCO4)CCN2S(=O)(=O)c2cccs2)CC1. The first-order chi connectivity index (χ1) is 16.3. The third-order valence-corrected chi connectivity index (χ3v) is 9.65. The van der Waals surface area contributed by atoms with Crippen molar-refractivity contribution >= 4 is 33.2 Å². The van der Waals surface area contributed by atoms with Crippen molar-refractivity contribution < 1.29 is 27.5 Å². The number of nitrogens with two attached hydrogens (primary N) is 1. The summed E-state index contributed by atoms with van der Waals surface area (Å²) < 4.78 is 38.7. The number of nitrogens with one attached hydrogen (secondary N) is 1. The van der Waals surface area contributed by atoms with Gasteiger partial charge in [0.2, 0.25) is 6.79 Å². The van der Waals surface area contributed by atoms with Crippen molar-refractivity contribution in [2.75, 3.05) is 19.9 Å². The zero-order valence-corrected chi connectivity index (χ0v) is 20.0. The molecule has 12 heteroatoms. The standard InChI is InChI=1S/C22H26N4O6S2/c23-15-4-6-16(7-5-15)24-20(27)21-25(9-10-26(21)34(29,30)19-2-1-11-33-19)22(28)14-3-8-17-18(12-14)32-13-31-17/h1-3,8,11-12,15-16,21H,4-7,9-10,13,23H2,(H,24,27). The van der Waals surface area contributed by atoms with Crippen LogP contribution in [0.15, 0.2) is 39.9 Å². The fourth-order valence-electron chi connectivity index (χ4n) is 4.60. The Balaban J connectivity index is 1.44. The van der Waals surface area contributed by atoms with E-state index in [1.54, 1.807) is 29.6 Å². The zero-order valence-electron chi connectivity index (χ0n) is 18.4. The highest BCUT2D eigenvalue weighted by atomic mass is 32.2. The Morgan fingerprint density at radius 2 is 1.82 bits per heavy atom. The van der Waals surface area contributed by atoms with E-state index >= 15 is 0 Å². The Labute approximate surface area is 201 Å². The van der Waals surface area contributed by atoms with Crippen LogP contribution in [-0.2, 0) is 14.8 Å². The number of fused-ring (bicyclic) bond motifs is 1. The fraction of sp³-hybridized carbons (Fsp3) is 0.455. The molecule has 0 spiro atoms. The Bertz CT molecular complexity index is 1180. The lowest BCUT2D eigenvalue weighted by atomic mass is 9.92. The molecule has 182 valence electrons. The molecule has 2 aliphatic heterocycles. The highest BCUT2D eigenvalue weighted by Gasteiger charge is 2.47. The molecular weight excluding hydrogens is 480 g/mol. The van der Waals surface area contributed by atoms with Crippen LogP contribution in [0.25, 0.3) is 0 Å². The number of amides is 2. The summed E-state index contributed by atoms with van der Waals surface area (Å²) in [6.45, 7) is 0.176. The molecule has 34 heavy (non-hydrogen) atoms. The van der Waals surface area contributed by atoms with E-state index in [2.05, 4.69) is 5.32 Å². The zero-order chi connectivity index (χ0) is 23.9. The van der Waals surface area contributed by atoms with Crippen molar-refractivity contribution in [1.29, 1.82) is 0 Å². The number of benzene rings is 1. The molecule has 0 bridgehead atoms. The number of carbonyl (C=O) groups is 2. The van der Waals surface area contributed by atoms with E-state index in [4.69, 9.17) is 15.2 Å². The summed E-state index contributed by atoms with van der Waals surface area (Å²) in [6, 6.07) is 7.92. The first-order valence-electron chi connectivity index (χ1n) is 11.2. The van der Waals surface area contributed by atoms with E-state index in [-0.39, 0.29) is 36.2 Å². The van der Waals surface area contributed by atoms with Crippen LogP contribution in [0.4, 0.5) is 0 Å². The number of ether oxygens (including phenoxy) is 2. The van der Waals surface area contributed by atoms with Gasteiger partial charge in [0.1, 0.15) is 4.21 Å². The van der Waals surface area contributed by atoms with Gasteiger partial charge in [0.05, 0.1) is 0 Å². The van der Waals surface area contributed by atoms with Crippen molar-refractivity contribution in [3.63, 3.8) is 0 Å². The van der Waals surface area contributed by atoms with Gasteiger partial charge < -0.3 is 25.4 Å². The molecule has 3 N–H and O–H groups in total. The van der Waals surface area contributed by atoms with Crippen LogP contribution in [0.5, 0.6) is 11.5 Å². The molecule has 3 heterocycles. The van der Waals surface area contributed by atoms with Gasteiger partial charge in [-0.3, -0.25) is 9.59 Å². The smallest absolute Gasteiger partial charge is 0.259 e. The minimum absolute atomic E-state index is 0.0180. The molecular formula is C22H26N4O6S2. The summed E-state index contributed by atoms with van der Waals surface area (Å²) in [7, 11) is -3.96. The van der Waals surface area contributed by atoms with Crippen molar-refractivity contribution in [2.45, 2.75) is 48.1 Å². The Kier molecular flexibility index (Phi) is 6.23. The highest BCUT2D eigenvalue weighted by molar-refractivity contribution is 7.91. The van der Waals surface area contributed by atoms with Gasteiger partial charge in [-0.2, -0.15) is 4.31 Å². The van der Waals surface area contributed by atoms with Crippen molar-refractivity contribution in [3.05, 3.63) is 41.3 Å². The van der Waals surface area contributed by atoms with Gasteiger partial charge >= 0.3 is 0 Å². The summed E-state index contributed by atoms with van der Waals surface area (Å²) in [5, 5.41) is 4.64. The minimum Gasteiger partial charge on any atom is -0.454 e. The monoisotopic (exact) mass is 506 g/mol. The molecule has 1 aromatic heterocycles. The second-order valence-electron chi connectivity index (χ2n) is 8.61. The first kappa shape index (κ1) is 23.1. The van der Waals surface area contributed by atoms with E-state index in [1.165, 1.54) is 11.0 Å². The largest absolute Gasteiger partial charge is 0.454 e. The first-order valence-corrected chi connectivity index (χ1v) is 13.5. The second kappa shape index (κ2) is 9.17. The average molecular weight is 507 g/mol. The molecule has 5 rings (SSSR count). The molecule has 10 nitrogen and oxygen atoms in total. The van der Waals surface area contributed by atoms with Crippen molar-refractivity contribution in [1.82, 2.24) is 14.5 Å². The molecule has 0 radical (unpaired) electrons. The number of rotatable bonds is 5. The Morgan fingerprint density at radius 3 is 2.56 bits per heavy atom. The molecule has 1 atom stereocenters. The van der Waals surface area contributed by atoms with Gasteiger partial charge in [0.15, 0.2) is 17.7 Å². The number of thiophene rings is 1. The van der Waals surface area contributed by atoms with Crippen LogP contribution in [0, 0.1) is 0 Å². The van der Waals surface area contributed by atoms with Crippen LogP contribution in [0.3, 0.4) is 0 Å². The van der Waals surface area contributed by atoms with Crippen LogP contribution in [-0.4, -0.2) is 67.6 Å². The summed E-state index contributed by atoms with van der Waals surface area (Å²) in [6.07, 6.45) is 1.71. The van der Waals surface area contributed by atoms with Crippen LogP contribution < -0.4 is 20.5 Å². The van der Waals surface area contributed by atoms with Crippen molar-refractivity contribution in [2.24, 2.45) is 5.73 Å². The van der Waals surface area contributed by atoms with Gasteiger partial charge in [-0.25, -0.2) is 8.42 Å². The molecule has 1 aromatic carbocycles. The lowest BCUT2D eigenvalue weighted by Crippen LogP contribution is -2.56. The highest BCUT2D eigenvalue weighted by Crippen LogP contribution is 2.34. The van der Waals surface area contributed by atoms with E-state index < -0.39 is 28.0 Å². The number of carbonyl (C=O) groups excluding carboxylic acids is 2. The van der Waals surface area contributed by atoms with E-state index in [0.29, 0.717) is 29.9 Å². The summed E-state index contributed by atoms with van der Waals surface area (Å²) >= 11 is 1.08. The van der Waals surface area contributed by atoms with Gasteiger partial charge in [-0.05, 0) is 55.3 Å². The van der Waals surface area contributed by atoms with E-state index in [1.807, 2.05) is 0 Å². The van der Waals surface area contributed by atoms with E-state index in [0.717, 1.165) is 28.5 Å². The van der Waals surface area contributed by atoms with Gasteiger partial charge in [-0.1, -0.05) is 6.07 Å². The quantitative estimate of drug-likeness (QED) is 0.626. The van der Waals surface area contributed by atoms with Crippen LogP contribution >= 0.6 is 11.3 Å². The number of hydrogen-bond donors (Lipinski definition) is 2. The number of sulfonamides is 1. The van der Waals surface area contributed by atoms with E-state index in [9.17, 15) is 18.0 Å². The summed E-state index contributed by atoms with van der Waals surface area (Å²) in [4.78, 5) is 28.3. The lowest BCUT2D eigenvalue weighted by molar-refractivity contribution is -0.128. The van der Waals surface area contributed by atoms with Crippen LogP contribution in [0.1, 0.15) is 36.0 Å². The molecule has 1 saturated heterocycles. The predicted octanol–water partition coefficient (Wildman–Crippen LogP) is 1.34. The number of nitrogens with zero attached hydrogens (tertiary/aromatic N) is 2. The maximum atomic E-state index is 13.5. The third kappa shape index (κ3) is 4.26. The summed E-state index contributed by atoms with van der Waals surface area (Å²) in [5.74, 6) is 0.0116.